The number of carbonyl (C=O) groups excluding carboxylic acids is 1. The molecule has 0 aromatic carbocycles. The van der Waals surface area contributed by atoms with Crippen molar-refractivity contribution in [2.45, 2.75) is 13.8 Å². The predicted molar refractivity (Wildman–Crippen MR) is 68.8 cm³/mol. The second-order valence-electron chi connectivity index (χ2n) is 4.23. The number of aromatic nitrogens is 2. The van der Waals surface area contributed by atoms with E-state index in [1.54, 1.807) is 19.3 Å². The number of hydrogen-bond acceptors (Lipinski definition) is 3. The second kappa shape index (κ2) is 4.60. The molecule has 5 nitrogen and oxygen atoms in total. The molecule has 0 aliphatic heterocycles. The third-order valence-corrected chi connectivity index (χ3v) is 2.90. The molecule has 0 saturated carbocycles. The first-order chi connectivity index (χ1) is 8.54. The Balaban J connectivity index is 2.64. The molecule has 2 rings (SSSR count). The van der Waals surface area contributed by atoms with E-state index in [0.29, 0.717) is 12.2 Å². The molecule has 0 aliphatic rings. The van der Waals surface area contributed by atoms with E-state index in [1.165, 1.54) is 15.5 Å². The topological polar surface area (TPSA) is 54.7 Å². The van der Waals surface area contributed by atoms with Crippen molar-refractivity contribution in [2.24, 2.45) is 0 Å². The Morgan fingerprint density at radius 2 is 2.17 bits per heavy atom. The Morgan fingerprint density at radius 1 is 1.44 bits per heavy atom. The summed E-state index contributed by atoms with van der Waals surface area (Å²) in [6.45, 7) is 4.29. The summed E-state index contributed by atoms with van der Waals surface area (Å²) >= 11 is 0. The number of nitrogens with zero attached hydrogens (tertiary/aromatic N) is 3. The highest BCUT2D eigenvalue weighted by atomic mass is 16.2. The van der Waals surface area contributed by atoms with Crippen LogP contribution < -0.4 is 5.56 Å². The van der Waals surface area contributed by atoms with Gasteiger partial charge in [0, 0.05) is 26.0 Å². The number of amides is 1. The van der Waals surface area contributed by atoms with Crippen molar-refractivity contribution in [1.82, 2.24) is 14.3 Å². The van der Waals surface area contributed by atoms with Gasteiger partial charge in [0.1, 0.15) is 11.2 Å². The zero-order valence-electron chi connectivity index (χ0n) is 10.7. The maximum absolute atomic E-state index is 12.2. The molecule has 0 aliphatic carbocycles. The number of rotatable bonds is 2. The molecule has 0 fully saturated rings. The van der Waals surface area contributed by atoms with Crippen molar-refractivity contribution < 1.29 is 4.79 Å². The van der Waals surface area contributed by atoms with Crippen LogP contribution in [0.15, 0.2) is 29.3 Å². The van der Waals surface area contributed by atoms with Gasteiger partial charge in [0.2, 0.25) is 0 Å². The first-order valence-electron chi connectivity index (χ1n) is 5.78. The summed E-state index contributed by atoms with van der Waals surface area (Å²) < 4.78 is 1.41. The lowest BCUT2D eigenvalue weighted by Gasteiger charge is -2.14. The highest BCUT2D eigenvalue weighted by Gasteiger charge is 2.16. The summed E-state index contributed by atoms with van der Waals surface area (Å²) in [4.78, 5) is 29.8. The van der Waals surface area contributed by atoms with Gasteiger partial charge in [-0.1, -0.05) is 6.07 Å². The number of carbonyl (C=O) groups is 1. The molecule has 2 aromatic rings. The number of pyridine rings is 1. The molecule has 0 saturated heterocycles. The van der Waals surface area contributed by atoms with Crippen LogP contribution in [0.5, 0.6) is 0 Å². The van der Waals surface area contributed by atoms with E-state index in [1.807, 2.05) is 19.9 Å². The minimum Gasteiger partial charge on any atom is -0.342 e. The molecule has 94 valence electrons. The Bertz CT molecular complexity index is 661. The maximum Gasteiger partial charge on any atom is 0.270 e. The number of aryl methyl sites for hydroxylation is 1. The molecule has 5 heteroatoms. The van der Waals surface area contributed by atoms with Crippen molar-refractivity contribution in [3.63, 3.8) is 0 Å². The maximum atomic E-state index is 12.2. The normalized spacial score (nSPS) is 10.6. The van der Waals surface area contributed by atoms with Crippen LogP contribution in [0.3, 0.4) is 0 Å². The summed E-state index contributed by atoms with van der Waals surface area (Å²) in [5.41, 5.74) is 1.26. The van der Waals surface area contributed by atoms with Crippen molar-refractivity contribution >= 4 is 11.6 Å². The van der Waals surface area contributed by atoms with Gasteiger partial charge < -0.3 is 4.90 Å². The van der Waals surface area contributed by atoms with Gasteiger partial charge >= 0.3 is 0 Å². The predicted octanol–water partition coefficient (Wildman–Crippen LogP) is 1.09. The van der Waals surface area contributed by atoms with Crippen LogP contribution in [-0.4, -0.2) is 33.8 Å². The lowest BCUT2D eigenvalue weighted by atomic mass is 10.2. The molecule has 0 unspecified atom stereocenters. The van der Waals surface area contributed by atoms with Crippen molar-refractivity contribution in [2.75, 3.05) is 13.6 Å². The molecule has 18 heavy (non-hydrogen) atoms. The fourth-order valence-electron chi connectivity index (χ4n) is 1.68. The van der Waals surface area contributed by atoms with Crippen LogP contribution in [0.4, 0.5) is 0 Å². The van der Waals surface area contributed by atoms with E-state index < -0.39 is 0 Å². The van der Waals surface area contributed by atoms with Gasteiger partial charge in [0.15, 0.2) is 0 Å². The van der Waals surface area contributed by atoms with Crippen LogP contribution in [0, 0.1) is 6.92 Å². The van der Waals surface area contributed by atoms with Gasteiger partial charge in [-0.2, -0.15) is 0 Å². The number of fused-ring (bicyclic) bond motifs is 1. The Kier molecular flexibility index (Phi) is 3.14. The Labute approximate surface area is 105 Å². The smallest absolute Gasteiger partial charge is 0.270 e. The fourth-order valence-corrected chi connectivity index (χ4v) is 1.68. The standard InChI is InChI=1S/C13H15N3O2/c1-4-15(3)12(17)10-7-14-11-6-5-9(2)8-16(11)13(10)18/h5-8H,4H2,1-3H3. The van der Waals surface area contributed by atoms with E-state index in [2.05, 4.69) is 4.98 Å². The van der Waals surface area contributed by atoms with Gasteiger partial charge in [0.25, 0.3) is 11.5 Å². The highest BCUT2D eigenvalue weighted by Crippen LogP contribution is 2.03. The first kappa shape index (κ1) is 12.3. The van der Waals surface area contributed by atoms with Crippen LogP contribution in [0.2, 0.25) is 0 Å². The van der Waals surface area contributed by atoms with E-state index in [9.17, 15) is 9.59 Å². The molecular weight excluding hydrogens is 230 g/mol. The zero-order valence-corrected chi connectivity index (χ0v) is 10.7. The quantitative estimate of drug-likeness (QED) is 0.796. The first-order valence-corrected chi connectivity index (χ1v) is 5.78. The summed E-state index contributed by atoms with van der Waals surface area (Å²) in [7, 11) is 1.66. The van der Waals surface area contributed by atoms with E-state index >= 15 is 0 Å². The molecule has 0 bridgehead atoms. The second-order valence-corrected chi connectivity index (χ2v) is 4.23. The summed E-state index contributed by atoms with van der Waals surface area (Å²) in [5.74, 6) is -0.300. The molecule has 0 spiro atoms. The van der Waals surface area contributed by atoms with Gasteiger partial charge in [-0.3, -0.25) is 14.0 Å². The lowest BCUT2D eigenvalue weighted by molar-refractivity contribution is 0.0800. The van der Waals surface area contributed by atoms with E-state index in [-0.39, 0.29) is 17.0 Å². The van der Waals surface area contributed by atoms with Gasteiger partial charge in [-0.05, 0) is 25.5 Å². The van der Waals surface area contributed by atoms with Crippen molar-refractivity contribution in [3.05, 3.63) is 46.0 Å². The van der Waals surface area contributed by atoms with Crippen LogP contribution in [0.25, 0.3) is 5.65 Å². The molecule has 0 atom stereocenters. The molecule has 0 N–H and O–H groups in total. The minimum absolute atomic E-state index is 0.0995. The molecule has 1 amide bonds. The van der Waals surface area contributed by atoms with Crippen molar-refractivity contribution in [3.8, 4) is 0 Å². The van der Waals surface area contributed by atoms with Gasteiger partial charge in [-0.15, -0.1) is 0 Å². The molecule has 2 heterocycles. The van der Waals surface area contributed by atoms with Crippen LogP contribution in [0.1, 0.15) is 22.8 Å². The molecule has 0 radical (unpaired) electrons. The third-order valence-electron chi connectivity index (χ3n) is 2.90. The van der Waals surface area contributed by atoms with Crippen molar-refractivity contribution in [1.29, 1.82) is 0 Å². The summed E-state index contributed by atoms with van der Waals surface area (Å²) in [6, 6.07) is 3.63. The highest BCUT2D eigenvalue weighted by molar-refractivity contribution is 5.93. The summed E-state index contributed by atoms with van der Waals surface area (Å²) in [6.07, 6.45) is 3.04. The molecular formula is C13H15N3O2. The minimum atomic E-state index is -0.325. The average molecular weight is 245 g/mol. The SMILES string of the molecule is CCN(C)C(=O)c1cnc2ccc(C)cn2c1=O. The van der Waals surface area contributed by atoms with Crippen LogP contribution >= 0.6 is 0 Å². The Hall–Kier alpha value is -2.17. The largest absolute Gasteiger partial charge is 0.342 e. The monoisotopic (exact) mass is 245 g/mol. The van der Waals surface area contributed by atoms with Crippen LogP contribution in [-0.2, 0) is 0 Å². The summed E-state index contributed by atoms with van der Waals surface area (Å²) in [5, 5.41) is 0. The molecule has 2 aromatic heterocycles. The number of hydrogen-bond donors (Lipinski definition) is 0. The lowest BCUT2D eigenvalue weighted by Crippen LogP contribution is -2.33. The fraction of sp³-hybridized carbons (Fsp3) is 0.308. The Morgan fingerprint density at radius 3 is 2.83 bits per heavy atom. The van der Waals surface area contributed by atoms with Gasteiger partial charge in [0.05, 0.1) is 0 Å². The van der Waals surface area contributed by atoms with E-state index in [4.69, 9.17) is 0 Å². The van der Waals surface area contributed by atoms with Gasteiger partial charge in [-0.25, -0.2) is 4.98 Å². The third kappa shape index (κ3) is 1.99. The zero-order chi connectivity index (χ0) is 13.3. The van der Waals surface area contributed by atoms with E-state index in [0.717, 1.165) is 5.56 Å². The average Bonchev–Trinajstić information content (AvgIpc) is 2.38.